The Morgan fingerprint density at radius 3 is 1.20 bits per heavy atom. The molecule has 2 saturated heterocycles. The third-order valence-corrected chi connectivity index (χ3v) is 10.2. The molecule has 2 aliphatic rings. The summed E-state index contributed by atoms with van der Waals surface area (Å²) in [5.41, 5.74) is 9.15. The minimum Gasteiger partial charge on any atom is -0.481 e. The first kappa shape index (κ1) is 48.2. The number of carbonyl (C=O) groups excluding carboxylic acids is 4. The van der Waals surface area contributed by atoms with Crippen molar-refractivity contribution in [2.75, 3.05) is 26.2 Å². The van der Waals surface area contributed by atoms with Gasteiger partial charge in [0.1, 0.15) is 24.2 Å². The molecular weight excluding hydrogens is 814 g/mol. The summed E-state index contributed by atoms with van der Waals surface area (Å²) in [5.74, 6) is -9.96. The van der Waals surface area contributed by atoms with Crippen LogP contribution in [0.5, 0.6) is 0 Å². The van der Waals surface area contributed by atoms with Crippen molar-refractivity contribution in [2.24, 2.45) is 17.0 Å². The average Bonchev–Trinajstić information content (AvgIpc) is 3.20. The number of carboxylic acid groups (broad SMARTS) is 6. The topological polar surface area (TPSA) is 395 Å². The van der Waals surface area contributed by atoms with Crippen molar-refractivity contribution in [2.45, 2.75) is 88.4 Å². The maximum atomic E-state index is 13.7. The van der Waals surface area contributed by atoms with Gasteiger partial charge in [0.05, 0.1) is 0 Å². The molecule has 0 aromatic heterocycles. The van der Waals surface area contributed by atoms with E-state index in [1.165, 1.54) is 28.0 Å². The second-order valence-electron chi connectivity index (χ2n) is 14.6. The highest BCUT2D eigenvalue weighted by atomic mass is 16.4. The largest absolute Gasteiger partial charge is 0.481 e. The van der Waals surface area contributed by atoms with E-state index in [9.17, 15) is 68.4 Å². The molecule has 25 nitrogen and oxygen atoms in total. The molecule has 4 atom stereocenters. The van der Waals surface area contributed by atoms with Gasteiger partial charge in [-0.3, -0.25) is 19.2 Å². The molecule has 3 rings (SSSR count). The van der Waals surface area contributed by atoms with E-state index >= 15 is 0 Å². The zero-order valence-electron chi connectivity index (χ0n) is 32.6. The quantitative estimate of drug-likeness (QED) is 0.0472. The average molecular weight is 862 g/mol. The molecule has 1 aromatic rings. The van der Waals surface area contributed by atoms with Crippen LogP contribution < -0.4 is 21.3 Å². The highest BCUT2D eigenvalue weighted by Crippen LogP contribution is 2.28. The lowest BCUT2D eigenvalue weighted by molar-refractivity contribution is -0.142. The number of nitrogens with one attached hydrogen (secondary N) is 4. The van der Waals surface area contributed by atoms with Crippen molar-refractivity contribution in [3.63, 3.8) is 0 Å². The first-order valence-corrected chi connectivity index (χ1v) is 19.0. The number of nitrogens with zero attached hydrogens (tertiary/aromatic N) is 5. The van der Waals surface area contributed by atoms with Crippen molar-refractivity contribution >= 4 is 65.4 Å². The van der Waals surface area contributed by atoms with Gasteiger partial charge in [0, 0.05) is 60.7 Å². The zero-order valence-corrected chi connectivity index (χ0v) is 32.6. The Bertz CT molecular complexity index is 1780. The molecule has 4 unspecified atom stereocenters. The molecule has 1 aromatic carbocycles. The van der Waals surface area contributed by atoms with E-state index < -0.39 is 110 Å². The van der Waals surface area contributed by atoms with Gasteiger partial charge in [-0.2, -0.15) is 0 Å². The number of piperidine rings is 2. The van der Waals surface area contributed by atoms with E-state index in [4.69, 9.17) is 15.7 Å². The van der Waals surface area contributed by atoms with E-state index in [2.05, 4.69) is 31.3 Å². The Morgan fingerprint density at radius 1 is 0.574 bits per heavy atom. The molecule has 0 saturated carbocycles. The number of carbonyl (C=O) groups is 10. The van der Waals surface area contributed by atoms with E-state index in [0.717, 1.165) is 0 Å². The van der Waals surface area contributed by atoms with E-state index in [1.54, 1.807) is 0 Å². The van der Waals surface area contributed by atoms with E-state index in [0.29, 0.717) is 25.7 Å². The van der Waals surface area contributed by atoms with Gasteiger partial charge in [0.25, 0.3) is 11.8 Å². The van der Waals surface area contributed by atoms with Crippen molar-refractivity contribution in [1.29, 1.82) is 0 Å². The summed E-state index contributed by atoms with van der Waals surface area (Å²) in [7, 11) is 0. The lowest BCUT2D eigenvalue weighted by atomic mass is 9.89. The summed E-state index contributed by atoms with van der Waals surface area (Å²) < 4.78 is 0. The molecule has 61 heavy (non-hydrogen) atoms. The van der Waals surface area contributed by atoms with Crippen LogP contribution in [0.3, 0.4) is 0 Å². The molecule has 2 aliphatic heterocycles. The van der Waals surface area contributed by atoms with Crippen LogP contribution in [0.2, 0.25) is 0 Å². The van der Waals surface area contributed by atoms with Gasteiger partial charge in [0.2, 0.25) is 0 Å². The summed E-state index contributed by atoms with van der Waals surface area (Å²) in [6, 6.07) is -4.27. The summed E-state index contributed by atoms with van der Waals surface area (Å²) in [6.07, 6.45) is -0.835. The Balaban J connectivity index is 1.59. The number of urea groups is 2. The Morgan fingerprint density at radius 2 is 0.902 bits per heavy atom. The molecule has 332 valence electrons. The molecule has 0 spiro atoms. The molecule has 25 heteroatoms. The number of hydrogen-bond donors (Lipinski definition) is 10. The molecule has 10 N–H and O–H groups in total. The van der Waals surface area contributed by atoms with E-state index in [1.807, 2.05) is 0 Å². The highest BCUT2D eigenvalue weighted by molar-refractivity contribution is 6.01. The number of rotatable bonds is 21. The van der Waals surface area contributed by atoms with Crippen molar-refractivity contribution in [3.8, 4) is 0 Å². The second kappa shape index (κ2) is 22.8. The van der Waals surface area contributed by atoms with Crippen molar-refractivity contribution < 1.29 is 78.6 Å². The van der Waals surface area contributed by atoms with Crippen LogP contribution in [0.1, 0.15) is 84.9 Å². The molecule has 0 aliphatic carbocycles. The van der Waals surface area contributed by atoms with Gasteiger partial charge in [0.15, 0.2) is 0 Å². The normalized spacial score (nSPS) is 16.3. The van der Waals surface area contributed by atoms with Crippen LogP contribution in [-0.2, 0) is 28.8 Å². The first-order valence-electron chi connectivity index (χ1n) is 19.0. The minimum absolute atomic E-state index is 0.0232. The molecule has 0 radical (unpaired) electrons. The number of hydrogen-bond acceptors (Lipinski definition) is 11. The van der Waals surface area contributed by atoms with Crippen LogP contribution in [0, 0.1) is 11.8 Å². The van der Waals surface area contributed by atoms with Crippen LogP contribution in [0.25, 0.3) is 10.4 Å². The Labute approximate surface area is 346 Å². The maximum absolute atomic E-state index is 13.7. The van der Waals surface area contributed by atoms with Crippen LogP contribution >= 0.6 is 0 Å². The third-order valence-electron chi connectivity index (χ3n) is 10.2. The third kappa shape index (κ3) is 15.5. The van der Waals surface area contributed by atoms with Gasteiger partial charge in [-0.05, 0) is 86.9 Å². The predicted molar refractivity (Wildman–Crippen MR) is 205 cm³/mol. The number of likely N-dealkylation sites (tertiary alicyclic amines) is 2. The number of benzene rings is 1. The lowest BCUT2D eigenvalue weighted by Gasteiger charge is -2.34. The monoisotopic (exact) mass is 861 g/mol. The molecule has 2 fully saturated rings. The van der Waals surface area contributed by atoms with Gasteiger partial charge < -0.3 is 61.7 Å². The predicted octanol–water partition coefficient (Wildman–Crippen LogP) is 1.25. The van der Waals surface area contributed by atoms with Gasteiger partial charge >= 0.3 is 47.9 Å². The molecule has 6 amide bonds. The Hall–Kier alpha value is -7.17. The molecule has 2 heterocycles. The number of aliphatic carboxylic acids is 6. The second-order valence-corrected chi connectivity index (χ2v) is 14.6. The SMILES string of the molecule is [N-]=[N+]=Nc1cc(C(=O)N2CCC(CC(NC(=O)NC(CCC(=O)O)C(=O)O)C(=O)O)CC2)cc(C(=O)N2CCC(CC(NC(=O)NC(CCC(=O)O)C(=O)O)C(=O)O)CC2)c1. The summed E-state index contributed by atoms with van der Waals surface area (Å²) in [4.78, 5) is 126. The van der Waals surface area contributed by atoms with Crippen molar-refractivity contribution in [1.82, 2.24) is 31.1 Å². The first-order chi connectivity index (χ1) is 28.8. The van der Waals surface area contributed by atoms with Crippen molar-refractivity contribution in [3.05, 3.63) is 39.8 Å². The minimum atomic E-state index is -1.57. The van der Waals surface area contributed by atoms with Crippen LogP contribution in [0.4, 0.5) is 15.3 Å². The smallest absolute Gasteiger partial charge is 0.326 e. The van der Waals surface area contributed by atoms with Crippen LogP contribution in [-0.4, -0.2) is 150 Å². The summed E-state index contributed by atoms with van der Waals surface area (Å²) in [5, 5.41) is 67.8. The highest BCUT2D eigenvalue weighted by Gasteiger charge is 2.33. The zero-order chi connectivity index (χ0) is 45.4. The standard InChI is InChI=1S/C36H47N9O16/c37-43-42-22-16-20(29(50)44-9-5-18(6-10-44)13-25(33(56)57)40-35(60)38-23(31(52)53)1-3-27(46)47)15-21(17-22)30(51)45-11-7-19(8-12-45)14-26(34(58)59)41-36(61)39-24(32(54)55)2-4-28(48)49/h15-19,23-26H,1-14H2,(H,46,47)(H,48,49)(H,52,53)(H,54,55)(H,56,57)(H,58,59)(H2,38,40,60)(H2,39,41,61). The van der Waals surface area contributed by atoms with Gasteiger partial charge in [-0.25, -0.2) is 28.8 Å². The summed E-state index contributed by atoms with van der Waals surface area (Å²) >= 11 is 0. The number of carboxylic acids is 6. The fourth-order valence-electron chi connectivity index (χ4n) is 6.95. The van der Waals surface area contributed by atoms with Gasteiger partial charge in [-0.1, -0.05) is 5.11 Å². The fourth-order valence-corrected chi connectivity index (χ4v) is 6.95. The Kier molecular flexibility index (Phi) is 18.0. The number of amides is 6. The van der Waals surface area contributed by atoms with Gasteiger partial charge in [-0.15, -0.1) is 0 Å². The molecule has 0 bridgehead atoms. The fraction of sp³-hybridized carbons (Fsp3) is 0.556. The number of azide groups is 1. The van der Waals surface area contributed by atoms with Crippen LogP contribution in [0.15, 0.2) is 23.3 Å². The lowest BCUT2D eigenvalue weighted by Crippen LogP contribution is -2.52. The maximum Gasteiger partial charge on any atom is 0.326 e. The molecular formula is C36H47N9O16. The van der Waals surface area contributed by atoms with E-state index in [-0.39, 0.29) is 67.7 Å². The summed E-state index contributed by atoms with van der Waals surface area (Å²) in [6.45, 7) is 0.609.